The molecule has 29 heavy (non-hydrogen) atoms. The fourth-order valence-electron chi connectivity index (χ4n) is 4.32. The summed E-state index contributed by atoms with van der Waals surface area (Å²) in [6.07, 6.45) is 4.60. The molecule has 2 aromatic rings. The molecular weight excluding hydrogens is 391 g/mol. The van der Waals surface area contributed by atoms with Crippen molar-refractivity contribution >= 4 is 29.3 Å². The Kier molecular flexibility index (Phi) is 5.52. The standard InChI is InChI=1S/C23H22ClFN2O2/c1-14-19-3-2-4-20(16-7-8-26-12-16)21(19)11-18(13-28)27(14)23(29)9-15-5-6-17(25)10-22(15)24/h2-7,10,12,14,18,28H,8-9,11,13H2,1H3/t14-,18+/m0/s1. The maximum absolute atomic E-state index is 13.3. The zero-order chi connectivity index (χ0) is 20.5. The van der Waals surface area contributed by atoms with Gasteiger partial charge in [-0.3, -0.25) is 9.79 Å². The molecule has 0 spiro atoms. The fraction of sp³-hybridized carbons (Fsp3) is 0.304. The summed E-state index contributed by atoms with van der Waals surface area (Å²) in [6.45, 7) is 2.53. The van der Waals surface area contributed by atoms with E-state index in [0.717, 1.165) is 22.3 Å². The normalized spacial score (nSPS) is 20.6. The summed E-state index contributed by atoms with van der Waals surface area (Å²) in [4.78, 5) is 19.2. The van der Waals surface area contributed by atoms with Gasteiger partial charge in [-0.25, -0.2) is 4.39 Å². The predicted octanol–water partition coefficient (Wildman–Crippen LogP) is 4.00. The monoisotopic (exact) mass is 412 g/mol. The number of nitrogens with zero attached hydrogens (tertiary/aromatic N) is 2. The minimum Gasteiger partial charge on any atom is -0.394 e. The lowest BCUT2D eigenvalue weighted by Crippen LogP contribution is -2.49. The number of carbonyl (C=O) groups is 1. The number of amides is 1. The highest BCUT2D eigenvalue weighted by molar-refractivity contribution is 6.31. The lowest BCUT2D eigenvalue weighted by atomic mass is 9.83. The summed E-state index contributed by atoms with van der Waals surface area (Å²) in [5.74, 6) is -0.570. The molecule has 1 amide bonds. The molecule has 4 rings (SSSR count). The molecule has 2 aliphatic rings. The Balaban J connectivity index is 1.66. The van der Waals surface area contributed by atoms with Crippen molar-refractivity contribution < 1.29 is 14.3 Å². The highest BCUT2D eigenvalue weighted by Gasteiger charge is 2.36. The molecule has 0 unspecified atom stereocenters. The van der Waals surface area contributed by atoms with Gasteiger partial charge in [0.25, 0.3) is 0 Å². The van der Waals surface area contributed by atoms with E-state index in [4.69, 9.17) is 11.6 Å². The zero-order valence-electron chi connectivity index (χ0n) is 16.1. The number of aliphatic hydroxyl groups is 1. The second-order valence-electron chi connectivity index (χ2n) is 7.46. The molecular formula is C23H22ClFN2O2. The molecule has 2 heterocycles. The lowest BCUT2D eigenvalue weighted by Gasteiger charge is -2.42. The molecule has 0 saturated carbocycles. The average molecular weight is 413 g/mol. The van der Waals surface area contributed by atoms with Crippen molar-refractivity contribution in [1.82, 2.24) is 4.90 Å². The van der Waals surface area contributed by atoms with E-state index in [2.05, 4.69) is 17.1 Å². The van der Waals surface area contributed by atoms with Gasteiger partial charge in [-0.2, -0.15) is 0 Å². The van der Waals surface area contributed by atoms with Crippen LogP contribution < -0.4 is 0 Å². The maximum atomic E-state index is 13.3. The van der Waals surface area contributed by atoms with Crippen LogP contribution in [0.3, 0.4) is 0 Å². The first-order valence-electron chi connectivity index (χ1n) is 9.67. The molecule has 2 aromatic carbocycles. The van der Waals surface area contributed by atoms with Gasteiger partial charge < -0.3 is 10.0 Å². The van der Waals surface area contributed by atoms with Crippen LogP contribution in [0.1, 0.15) is 35.2 Å². The molecule has 2 atom stereocenters. The minimum absolute atomic E-state index is 0.0623. The number of aliphatic imine (C=N–C) groups is 1. The Labute approximate surface area is 174 Å². The van der Waals surface area contributed by atoms with Crippen LogP contribution in [0.25, 0.3) is 5.57 Å². The molecule has 2 aliphatic heterocycles. The van der Waals surface area contributed by atoms with E-state index in [0.29, 0.717) is 18.5 Å². The SMILES string of the molecule is C[C@H]1c2cccc(C3=CCN=C3)c2C[C@H](CO)N1C(=O)Cc1ccc(F)cc1Cl. The number of halogens is 2. The van der Waals surface area contributed by atoms with Crippen LogP contribution in [0, 0.1) is 5.82 Å². The van der Waals surface area contributed by atoms with Crippen LogP contribution in [0.15, 0.2) is 47.5 Å². The number of hydrogen-bond acceptors (Lipinski definition) is 3. The Morgan fingerprint density at radius 1 is 1.34 bits per heavy atom. The third-order valence-corrected chi connectivity index (χ3v) is 6.08. The van der Waals surface area contributed by atoms with Gasteiger partial charge in [-0.15, -0.1) is 0 Å². The number of fused-ring (bicyclic) bond motifs is 1. The Morgan fingerprint density at radius 2 is 2.17 bits per heavy atom. The first kappa shape index (κ1) is 19.8. The van der Waals surface area contributed by atoms with Crippen molar-refractivity contribution in [2.45, 2.75) is 31.8 Å². The summed E-state index contributed by atoms with van der Waals surface area (Å²) in [5, 5.41) is 10.3. The van der Waals surface area contributed by atoms with Gasteiger partial charge in [0, 0.05) is 11.2 Å². The number of carbonyl (C=O) groups excluding carboxylic acids is 1. The van der Waals surface area contributed by atoms with Crippen molar-refractivity contribution in [2.24, 2.45) is 4.99 Å². The summed E-state index contributed by atoms with van der Waals surface area (Å²) < 4.78 is 13.3. The maximum Gasteiger partial charge on any atom is 0.227 e. The lowest BCUT2D eigenvalue weighted by molar-refractivity contribution is -0.137. The fourth-order valence-corrected chi connectivity index (χ4v) is 4.55. The van der Waals surface area contributed by atoms with Crippen LogP contribution in [-0.4, -0.2) is 41.3 Å². The van der Waals surface area contributed by atoms with Crippen molar-refractivity contribution in [3.8, 4) is 0 Å². The highest BCUT2D eigenvalue weighted by atomic mass is 35.5. The van der Waals surface area contributed by atoms with E-state index in [9.17, 15) is 14.3 Å². The van der Waals surface area contributed by atoms with Crippen molar-refractivity contribution in [3.63, 3.8) is 0 Å². The van der Waals surface area contributed by atoms with Gasteiger partial charge in [0.15, 0.2) is 0 Å². The molecule has 0 radical (unpaired) electrons. The first-order chi connectivity index (χ1) is 14.0. The smallest absolute Gasteiger partial charge is 0.227 e. The van der Waals surface area contributed by atoms with Gasteiger partial charge >= 0.3 is 0 Å². The molecule has 6 heteroatoms. The number of rotatable bonds is 4. The van der Waals surface area contributed by atoms with Gasteiger partial charge in [0.2, 0.25) is 5.91 Å². The van der Waals surface area contributed by atoms with Gasteiger partial charge in [0.05, 0.1) is 31.7 Å². The summed E-state index contributed by atoms with van der Waals surface area (Å²) in [5.41, 5.74) is 5.01. The van der Waals surface area contributed by atoms with E-state index in [1.54, 1.807) is 4.90 Å². The van der Waals surface area contributed by atoms with E-state index < -0.39 is 5.82 Å². The molecule has 0 aromatic heterocycles. The van der Waals surface area contributed by atoms with E-state index in [1.165, 1.54) is 18.2 Å². The third-order valence-electron chi connectivity index (χ3n) is 5.73. The molecule has 0 aliphatic carbocycles. The van der Waals surface area contributed by atoms with Crippen molar-refractivity contribution in [2.75, 3.05) is 13.2 Å². The van der Waals surface area contributed by atoms with Gasteiger partial charge in [-0.05, 0) is 53.3 Å². The summed E-state index contributed by atoms with van der Waals surface area (Å²) >= 11 is 6.12. The van der Waals surface area contributed by atoms with Gasteiger partial charge in [-0.1, -0.05) is 41.9 Å². The Bertz CT molecular complexity index is 1020. The third kappa shape index (κ3) is 3.72. The quantitative estimate of drug-likeness (QED) is 0.825. The van der Waals surface area contributed by atoms with Crippen LogP contribution in [0.5, 0.6) is 0 Å². The van der Waals surface area contributed by atoms with Crippen LogP contribution in [0.2, 0.25) is 5.02 Å². The van der Waals surface area contributed by atoms with Crippen LogP contribution >= 0.6 is 11.6 Å². The van der Waals surface area contributed by atoms with E-state index in [-0.39, 0.29) is 36.0 Å². The topological polar surface area (TPSA) is 52.9 Å². The zero-order valence-corrected chi connectivity index (χ0v) is 16.9. The number of benzene rings is 2. The highest BCUT2D eigenvalue weighted by Crippen LogP contribution is 2.37. The number of allylic oxidation sites excluding steroid dienone is 1. The Hall–Kier alpha value is -2.50. The van der Waals surface area contributed by atoms with E-state index >= 15 is 0 Å². The molecule has 1 N–H and O–H groups in total. The molecule has 0 bridgehead atoms. The predicted molar refractivity (Wildman–Crippen MR) is 113 cm³/mol. The Morgan fingerprint density at radius 3 is 2.86 bits per heavy atom. The summed E-state index contributed by atoms with van der Waals surface area (Å²) in [7, 11) is 0. The molecule has 0 fully saturated rings. The van der Waals surface area contributed by atoms with Crippen LogP contribution in [0.4, 0.5) is 4.39 Å². The summed E-state index contributed by atoms with van der Waals surface area (Å²) in [6, 6.07) is 9.63. The number of hydrogen-bond donors (Lipinski definition) is 1. The van der Waals surface area contributed by atoms with Crippen LogP contribution in [-0.2, 0) is 17.6 Å². The molecule has 150 valence electrons. The average Bonchev–Trinajstić information content (AvgIpc) is 3.24. The first-order valence-corrected chi connectivity index (χ1v) is 10.1. The second-order valence-corrected chi connectivity index (χ2v) is 7.86. The molecule has 4 nitrogen and oxygen atoms in total. The number of aliphatic hydroxyl groups excluding tert-OH is 1. The van der Waals surface area contributed by atoms with Crippen molar-refractivity contribution in [1.29, 1.82) is 0 Å². The van der Waals surface area contributed by atoms with Gasteiger partial charge in [0.1, 0.15) is 5.82 Å². The second kappa shape index (κ2) is 8.09. The van der Waals surface area contributed by atoms with E-state index in [1.807, 2.05) is 25.3 Å². The largest absolute Gasteiger partial charge is 0.394 e. The van der Waals surface area contributed by atoms with Crippen molar-refractivity contribution in [3.05, 3.63) is 75.6 Å². The minimum atomic E-state index is -0.433. The molecule has 0 saturated heterocycles.